The van der Waals surface area contributed by atoms with E-state index >= 15 is 0 Å². The predicted molar refractivity (Wildman–Crippen MR) is 101 cm³/mol. The van der Waals surface area contributed by atoms with Gasteiger partial charge in [0.2, 0.25) is 5.91 Å². The van der Waals surface area contributed by atoms with Crippen molar-refractivity contribution in [2.24, 2.45) is 4.99 Å². The Bertz CT molecular complexity index is 523. The van der Waals surface area contributed by atoms with Crippen LogP contribution in [-0.4, -0.2) is 63.1 Å². The Morgan fingerprint density at radius 2 is 2.21 bits per heavy atom. The molecule has 1 atom stereocenters. The average Bonchev–Trinajstić information content (AvgIpc) is 3.14. The van der Waals surface area contributed by atoms with Crippen molar-refractivity contribution in [2.45, 2.75) is 31.7 Å². The second kappa shape index (κ2) is 9.64. The number of likely N-dealkylation sites (N-methyl/N-ethyl adjacent to an activating group) is 1. The number of carbonyl (C=O) groups is 1. The first-order valence-electron chi connectivity index (χ1n) is 8.54. The Labute approximate surface area is 148 Å². The van der Waals surface area contributed by atoms with Crippen LogP contribution in [0.3, 0.4) is 0 Å². The Morgan fingerprint density at radius 3 is 2.79 bits per heavy atom. The van der Waals surface area contributed by atoms with E-state index in [2.05, 4.69) is 49.6 Å². The molecule has 7 heteroatoms. The number of amides is 1. The molecule has 2 rings (SSSR count). The zero-order chi connectivity index (χ0) is 17.4. The summed E-state index contributed by atoms with van der Waals surface area (Å²) < 4.78 is 0. The van der Waals surface area contributed by atoms with Crippen molar-refractivity contribution >= 4 is 23.2 Å². The second-order valence-corrected chi connectivity index (χ2v) is 7.06. The summed E-state index contributed by atoms with van der Waals surface area (Å²) in [5, 5.41) is 13.9. The van der Waals surface area contributed by atoms with Gasteiger partial charge in [0.1, 0.15) is 0 Å². The normalized spacial score (nSPS) is 18.2. The first-order chi connectivity index (χ1) is 11.6. The van der Waals surface area contributed by atoms with Crippen molar-refractivity contribution in [2.75, 3.05) is 40.3 Å². The van der Waals surface area contributed by atoms with E-state index in [1.165, 1.54) is 5.56 Å². The molecular weight excluding hydrogens is 322 g/mol. The highest BCUT2D eigenvalue weighted by molar-refractivity contribution is 7.07. The highest BCUT2D eigenvalue weighted by atomic mass is 32.1. The molecule has 1 amide bonds. The molecule has 134 valence electrons. The SMILES string of the molecule is CN=C(NCC(C)c1ccsc1)NC1CCN(CC(=O)NC)CC1. The number of nitrogens with zero attached hydrogens (tertiary/aromatic N) is 2. The summed E-state index contributed by atoms with van der Waals surface area (Å²) in [5.74, 6) is 1.41. The van der Waals surface area contributed by atoms with Crippen LogP contribution < -0.4 is 16.0 Å². The summed E-state index contributed by atoms with van der Waals surface area (Å²) in [6, 6.07) is 2.59. The van der Waals surface area contributed by atoms with E-state index in [-0.39, 0.29) is 5.91 Å². The summed E-state index contributed by atoms with van der Waals surface area (Å²) in [6.07, 6.45) is 2.05. The molecule has 2 heterocycles. The molecule has 1 aliphatic heterocycles. The summed E-state index contributed by atoms with van der Waals surface area (Å²) in [5.41, 5.74) is 1.37. The summed E-state index contributed by atoms with van der Waals surface area (Å²) in [7, 11) is 3.49. The summed E-state index contributed by atoms with van der Waals surface area (Å²) in [4.78, 5) is 18.0. The van der Waals surface area contributed by atoms with E-state index in [1.807, 2.05) is 7.05 Å². The van der Waals surface area contributed by atoms with Crippen LogP contribution in [0, 0.1) is 0 Å². The number of thiophene rings is 1. The van der Waals surface area contributed by atoms with Crippen LogP contribution in [0.4, 0.5) is 0 Å². The number of carbonyl (C=O) groups excluding carboxylic acids is 1. The minimum absolute atomic E-state index is 0.0845. The van der Waals surface area contributed by atoms with Crippen LogP contribution in [0.1, 0.15) is 31.2 Å². The number of hydrogen-bond donors (Lipinski definition) is 3. The minimum atomic E-state index is 0.0845. The standard InChI is InChI=1S/C17H29N5OS/c1-13(14-6-9-24-12-14)10-20-17(19-3)21-15-4-7-22(8-5-15)11-16(23)18-2/h6,9,12-13,15H,4-5,7-8,10-11H2,1-3H3,(H,18,23)(H2,19,20,21). The molecular formula is C17H29N5OS. The largest absolute Gasteiger partial charge is 0.358 e. The molecule has 1 aliphatic rings. The number of hydrogen-bond acceptors (Lipinski definition) is 4. The maximum atomic E-state index is 11.4. The van der Waals surface area contributed by atoms with Crippen molar-refractivity contribution in [3.8, 4) is 0 Å². The average molecular weight is 352 g/mol. The Morgan fingerprint density at radius 1 is 1.46 bits per heavy atom. The van der Waals surface area contributed by atoms with Gasteiger partial charge in [-0.1, -0.05) is 6.92 Å². The van der Waals surface area contributed by atoms with E-state index in [9.17, 15) is 4.79 Å². The summed E-state index contributed by atoms with van der Waals surface area (Å²) in [6.45, 7) is 5.46. The van der Waals surface area contributed by atoms with Gasteiger partial charge in [0.05, 0.1) is 6.54 Å². The minimum Gasteiger partial charge on any atom is -0.358 e. The molecule has 6 nitrogen and oxygen atoms in total. The maximum absolute atomic E-state index is 11.4. The molecule has 1 aromatic heterocycles. The molecule has 3 N–H and O–H groups in total. The van der Waals surface area contributed by atoms with Gasteiger partial charge >= 0.3 is 0 Å². The number of nitrogens with one attached hydrogen (secondary N) is 3. The lowest BCUT2D eigenvalue weighted by atomic mass is 10.0. The van der Waals surface area contributed by atoms with Gasteiger partial charge in [-0.2, -0.15) is 11.3 Å². The lowest BCUT2D eigenvalue weighted by Crippen LogP contribution is -2.50. The second-order valence-electron chi connectivity index (χ2n) is 6.28. The van der Waals surface area contributed by atoms with Crippen molar-refractivity contribution in [1.29, 1.82) is 0 Å². The molecule has 0 aliphatic carbocycles. The molecule has 24 heavy (non-hydrogen) atoms. The maximum Gasteiger partial charge on any atom is 0.233 e. The number of guanidine groups is 1. The van der Waals surface area contributed by atoms with Crippen LogP contribution >= 0.6 is 11.3 Å². The van der Waals surface area contributed by atoms with Gasteiger partial charge in [0, 0.05) is 39.8 Å². The highest BCUT2D eigenvalue weighted by Gasteiger charge is 2.21. The first kappa shape index (κ1) is 18.7. The molecule has 1 fully saturated rings. The van der Waals surface area contributed by atoms with Gasteiger partial charge in [-0.05, 0) is 41.1 Å². The predicted octanol–water partition coefficient (Wildman–Crippen LogP) is 1.23. The quantitative estimate of drug-likeness (QED) is 0.533. The number of aliphatic imine (C=N–C) groups is 1. The van der Waals surface area contributed by atoms with Gasteiger partial charge < -0.3 is 16.0 Å². The van der Waals surface area contributed by atoms with Crippen molar-refractivity contribution in [3.05, 3.63) is 22.4 Å². The molecule has 1 unspecified atom stereocenters. The van der Waals surface area contributed by atoms with E-state index in [1.54, 1.807) is 18.4 Å². The van der Waals surface area contributed by atoms with Crippen molar-refractivity contribution in [3.63, 3.8) is 0 Å². The molecule has 0 radical (unpaired) electrons. The lowest BCUT2D eigenvalue weighted by molar-refractivity contribution is -0.122. The number of rotatable bonds is 6. The molecule has 0 saturated carbocycles. The first-order valence-corrected chi connectivity index (χ1v) is 9.49. The fourth-order valence-electron chi connectivity index (χ4n) is 2.83. The van der Waals surface area contributed by atoms with Gasteiger partial charge in [-0.3, -0.25) is 14.7 Å². The van der Waals surface area contributed by atoms with Crippen LogP contribution in [0.2, 0.25) is 0 Å². The topological polar surface area (TPSA) is 68.8 Å². The Kier molecular flexibility index (Phi) is 7.52. The van der Waals surface area contributed by atoms with Crippen molar-refractivity contribution < 1.29 is 4.79 Å². The zero-order valence-corrected chi connectivity index (χ0v) is 15.7. The fraction of sp³-hybridized carbons (Fsp3) is 0.647. The van der Waals surface area contributed by atoms with Crippen LogP contribution in [0.5, 0.6) is 0 Å². The third-order valence-electron chi connectivity index (χ3n) is 4.49. The Hall–Kier alpha value is -1.60. The zero-order valence-electron chi connectivity index (χ0n) is 14.8. The van der Waals surface area contributed by atoms with E-state index in [0.717, 1.165) is 38.4 Å². The summed E-state index contributed by atoms with van der Waals surface area (Å²) >= 11 is 1.74. The highest BCUT2D eigenvalue weighted by Crippen LogP contribution is 2.17. The van der Waals surface area contributed by atoms with Crippen LogP contribution in [0.15, 0.2) is 21.8 Å². The molecule has 1 aromatic rings. The molecule has 0 aromatic carbocycles. The van der Waals surface area contributed by atoms with Gasteiger partial charge in [0.15, 0.2) is 5.96 Å². The molecule has 0 bridgehead atoms. The lowest BCUT2D eigenvalue weighted by Gasteiger charge is -2.32. The van der Waals surface area contributed by atoms with Crippen molar-refractivity contribution in [1.82, 2.24) is 20.9 Å². The Balaban J connectivity index is 1.71. The van der Waals surface area contributed by atoms with E-state index in [0.29, 0.717) is 18.5 Å². The third-order valence-corrected chi connectivity index (χ3v) is 5.19. The number of likely N-dealkylation sites (tertiary alicyclic amines) is 1. The van der Waals surface area contributed by atoms with Gasteiger partial charge in [-0.15, -0.1) is 0 Å². The fourth-order valence-corrected chi connectivity index (χ4v) is 3.61. The number of piperidine rings is 1. The van der Waals surface area contributed by atoms with E-state index < -0.39 is 0 Å². The smallest absolute Gasteiger partial charge is 0.233 e. The van der Waals surface area contributed by atoms with Crippen LogP contribution in [0.25, 0.3) is 0 Å². The third kappa shape index (κ3) is 5.79. The van der Waals surface area contributed by atoms with Gasteiger partial charge in [0.25, 0.3) is 0 Å². The van der Waals surface area contributed by atoms with Gasteiger partial charge in [-0.25, -0.2) is 0 Å². The monoisotopic (exact) mass is 351 g/mol. The molecule has 0 spiro atoms. The molecule has 1 saturated heterocycles. The van der Waals surface area contributed by atoms with E-state index in [4.69, 9.17) is 0 Å². The van der Waals surface area contributed by atoms with Crippen LogP contribution in [-0.2, 0) is 4.79 Å².